The number of hydrogen-bond donors (Lipinski definition) is 2. The molecule has 1 unspecified atom stereocenters. The molecule has 0 saturated heterocycles. The topological polar surface area (TPSA) is 60.2 Å². The Labute approximate surface area is 153 Å². The first-order chi connectivity index (χ1) is 11.6. The molecule has 0 aliphatic heterocycles. The Hall–Kier alpha value is -1.59. The minimum atomic E-state index is -1.88. The van der Waals surface area contributed by atoms with Gasteiger partial charge in [0.2, 0.25) is 8.32 Å². The summed E-state index contributed by atoms with van der Waals surface area (Å²) in [6.07, 6.45) is 3.89. The van der Waals surface area contributed by atoms with Crippen molar-refractivity contribution < 1.29 is 4.43 Å². The summed E-state index contributed by atoms with van der Waals surface area (Å²) in [4.78, 5) is 4.57. The van der Waals surface area contributed by atoms with Gasteiger partial charge >= 0.3 is 0 Å². The normalized spacial score (nSPS) is 13.7. The predicted molar refractivity (Wildman–Crippen MR) is 111 cm³/mol. The van der Waals surface area contributed by atoms with E-state index in [0.717, 1.165) is 41.7 Å². The van der Waals surface area contributed by atoms with Crippen molar-refractivity contribution in [3.8, 4) is 5.75 Å². The Morgan fingerprint density at radius 3 is 2.64 bits per heavy atom. The lowest BCUT2D eigenvalue weighted by atomic mass is 10.1. The zero-order valence-corrected chi connectivity index (χ0v) is 17.5. The summed E-state index contributed by atoms with van der Waals surface area (Å²) < 4.78 is 6.53. The molecule has 0 aliphatic rings. The summed E-state index contributed by atoms with van der Waals surface area (Å²) in [6, 6.07) is 8.63. The van der Waals surface area contributed by atoms with Gasteiger partial charge in [-0.15, -0.1) is 0 Å². The highest BCUT2D eigenvalue weighted by atomic mass is 28.4. The summed E-state index contributed by atoms with van der Waals surface area (Å²) in [6.45, 7) is 14.2. The average molecular weight is 360 g/mol. The van der Waals surface area contributed by atoms with E-state index in [0.29, 0.717) is 6.04 Å². The van der Waals surface area contributed by atoms with E-state index in [9.17, 15) is 0 Å². The van der Waals surface area contributed by atoms with Crippen LogP contribution in [0.2, 0.25) is 18.1 Å². The van der Waals surface area contributed by atoms with Gasteiger partial charge in [-0.3, -0.25) is 4.98 Å². The monoisotopic (exact) mass is 359 g/mol. The zero-order chi connectivity index (χ0) is 18.7. The van der Waals surface area contributed by atoms with Crippen LogP contribution in [0.4, 0.5) is 5.69 Å². The maximum absolute atomic E-state index is 6.53. The third-order valence-corrected chi connectivity index (χ3v) is 9.46. The van der Waals surface area contributed by atoms with Crippen molar-refractivity contribution in [1.82, 2.24) is 4.98 Å². The van der Waals surface area contributed by atoms with Crippen LogP contribution in [0.5, 0.6) is 5.75 Å². The number of nitrogens with two attached hydrogens (primary N) is 1. The lowest BCUT2D eigenvalue weighted by Crippen LogP contribution is -2.43. The standard InChI is InChI=1S/C20H33N3OSi/c1-15(9-7-11-21)23-18-14-17(24-25(5,6)20(2,3)4)13-16-10-8-12-22-19(16)18/h8,10,12-15,23H,7,9,11,21H2,1-6H3. The van der Waals surface area contributed by atoms with Gasteiger partial charge in [-0.05, 0) is 56.6 Å². The molecule has 3 N–H and O–H groups in total. The molecule has 1 heterocycles. The van der Waals surface area contributed by atoms with Crippen LogP contribution in [0.1, 0.15) is 40.5 Å². The number of nitrogens with one attached hydrogen (secondary N) is 1. The molecule has 2 rings (SSSR count). The summed E-state index contributed by atoms with van der Waals surface area (Å²) in [7, 11) is -1.88. The van der Waals surface area contributed by atoms with Crippen molar-refractivity contribution >= 4 is 24.9 Å². The fourth-order valence-electron chi connectivity index (χ4n) is 2.54. The van der Waals surface area contributed by atoms with E-state index < -0.39 is 8.32 Å². The highest BCUT2D eigenvalue weighted by Crippen LogP contribution is 2.39. The van der Waals surface area contributed by atoms with Crippen molar-refractivity contribution in [1.29, 1.82) is 0 Å². The largest absolute Gasteiger partial charge is 0.543 e. The van der Waals surface area contributed by atoms with Crippen molar-refractivity contribution in [2.75, 3.05) is 11.9 Å². The fourth-order valence-corrected chi connectivity index (χ4v) is 3.56. The first-order valence-electron chi connectivity index (χ1n) is 9.18. The first kappa shape index (κ1) is 19.7. The fraction of sp³-hybridized carbons (Fsp3) is 0.550. The Morgan fingerprint density at radius 1 is 1.28 bits per heavy atom. The quantitative estimate of drug-likeness (QED) is 0.671. The number of hydrogen-bond acceptors (Lipinski definition) is 4. The van der Waals surface area contributed by atoms with Gasteiger partial charge in [-0.1, -0.05) is 26.8 Å². The van der Waals surface area contributed by atoms with Crippen LogP contribution in [-0.4, -0.2) is 25.9 Å². The SMILES string of the molecule is CC(CCCN)Nc1cc(O[Si](C)(C)C(C)(C)C)cc2cccnc12. The van der Waals surface area contributed by atoms with E-state index in [2.05, 4.69) is 69.3 Å². The Balaban J connectivity index is 2.36. The third kappa shape index (κ3) is 4.95. The number of aromatic nitrogens is 1. The second-order valence-electron chi connectivity index (χ2n) is 8.38. The Kier molecular flexibility index (Phi) is 6.11. The molecule has 0 bridgehead atoms. The molecule has 138 valence electrons. The summed E-state index contributed by atoms with van der Waals surface area (Å²) in [5.41, 5.74) is 7.67. The smallest absolute Gasteiger partial charge is 0.250 e. The van der Waals surface area contributed by atoms with Crippen molar-refractivity contribution in [2.45, 2.75) is 64.7 Å². The lowest BCUT2D eigenvalue weighted by molar-refractivity contribution is 0.493. The van der Waals surface area contributed by atoms with Gasteiger partial charge in [0.1, 0.15) is 5.75 Å². The maximum atomic E-state index is 6.53. The van der Waals surface area contributed by atoms with E-state index >= 15 is 0 Å². The molecule has 0 aliphatic carbocycles. The van der Waals surface area contributed by atoms with Crippen molar-refractivity contribution in [3.63, 3.8) is 0 Å². The third-order valence-electron chi connectivity index (χ3n) is 5.10. The number of nitrogens with zero attached hydrogens (tertiary/aromatic N) is 1. The molecule has 1 aromatic carbocycles. The molecule has 1 atom stereocenters. The molecular weight excluding hydrogens is 326 g/mol. The number of pyridine rings is 1. The highest BCUT2D eigenvalue weighted by Gasteiger charge is 2.39. The number of rotatable bonds is 7. The van der Waals surface area contributed by atoms with Crippen LogP contribution in [0.25, 0.3) is 10.9 Å². The molecule has 1 aromatic heterocycles. The minimum Gasteiger partial charge on any atom is -0.543 e. The van der Waals surface area contributed by atoms with E-state index in [1.165, 1.54) is 0 Å². The number of fused-ring (bicyclic) bond motifs is 1. The molecule has 0 saturated carbocycles. The highest BCUT2D eigenvalue weighted by molar-refractivity contribution is 6.74. The second-order valence-corrected chi connectivity index (χ2v) is 13.1. The average Bonchev–Trinajstić information content (AvgIpc) is 2.51. The van der Waals surface area contributed by atoms with Gasteiger partial charge < -0.3 is 15.5 Å². The van der Waals surface area contributed by atoms with Gasteiger partial charge in [0.05, 0.1) is 11.2 Å². The van der Waals surface area contributed by atoms with Gasteiger partial charge in [-0.2, -0.15) is 0 Å². The van der Waals surface area contributed by atoms with Gasteiger partial charge in [0, 0.05) is 23.7 Å². The minimum absolute atomic E-state index is 0.166. The van der Waals surface area contributed by atoms with E-state index in [1.807, 2.05) is 12.3 Å². The van der Waals surface area contributed by atoms with Crippen molar-refractivity contribution in [2.24, 2.45) is 5.73 Å². The maximum Gasteiger partial charge on any atom is 0.250 e. The van der Waals surface area contributed by atoms with Crippen LogP contribution in [0, 0.1) is 0 Å². The summed E-state index contributed by atoms with van der Waals surface area (Å²) >= 11 is 0. The molecule has 2 aromatic rings. The molecule has 5 heteroatoms. The van der Waals surface area contributed by atoms with Crippen molar-refractivity contribution in [3.05, 3.63) is 30.5 Å². The van der Waals surface area contributed by atoms with Gasteiger partial charge in [0.15, 0.2) is 0 Å². The summed E-state index contributed by atoms with van der Waals surface area (Å²) in [5.74, 6) is 0.931. The van der Waals surface area contributed by atoms with E-state index in [1.54, 1.807) is 0 Å². The van der Waals surface area contributed by atoms with E-state index in [-0.39, 0.29) is 5.04 Å². The molecule has 0 fully saturated rings. The number of benzene rings is 1. The Bertz CT molecular complexity index is 710. The molecule has 0 spiro atoms. The lowest BCUT2D eigenvalue weighted by Gasteiger charge is -2.36. The van der Waals surface area contributed by atoms with Gasteiger partial charge in [0.25, 0.3) is 0 Å². The van der Waals surface area contributed by atoms with Crippen LogP contribution in [-0.2, 0) is 0 Å². The second kappa shape index (κ2) is 7.75. The van der Waals surface area contributed by atoms with Crippen LogP contribution >= 0.6 is 0 Å². The van der Waals surface area contributed by atoms with Crippen LogP contribution < -0.4 is 15.5 Å². The van der Waals surface area contributed by atoms with Gasteiger partial charge in [-0.25, -0.2) is 0 Å². The Morgan fingerprint density at radius 2 is 2.00 bits per heavy atom. The zero-order valence-electron chi connectivity index (χ0n) is 16.5. The first-order valence-corrected chi connectivity index (χ1v) is 12.1. The summed E-state index contributed by atoms with van der Waals surface area (Å²) in [5, 5.41) is 4.87. The number of anilines is 1. The molecule has 0 amide bonds. The molecule has 0 radical (unpaired) electrons. The van der Waals surface area contributed by atoms with Crippen LogP contribution in [0.3, 0.4) is 0 Å². The molecular formula is C20H33N3OSi. The van der Waals surface area contributed by atoms with E-state index in [4.69, 9.17) is 10.2 Å². The molecule has 25 heavy (non-hydrogen) atoms. The van der Waals surface area contributed by atoms with Crippen LogP contribution in [0.15, 0.2) is 30.5 Å². The molecule has 4 nitrogen and oxygen atoms in total. The predicted octanol–water partition coefficient (Wildman–Crippen LogP) is 5.16.